The molecule has 0 unspecified atom stereocenters. The maximum atomic E-state index is 14.4. The molecule has 2 aliphatic rings. The van der Waals surface area contributed by atoms with Crippen LogP contribution in [-0.2, 0) is 23.9 Å². The third-order valence-corrected chi connectivity index (χ3v) is 7.04. The van der Waals surface area contributed by atoms with Crippen molar-refractivity contribution in [3.63, 3.8) is 0 Å². The summed E-state index contributed by atoms with van der Waals surface area (Å²) < 4.78 is 21.7. The van der Waals surface area contributed by atoms with Gasteiger partial charge in [-0.05, 0) is 56.5 Å². The van der Waals surface area contributed by atoms with E-state index < -0.39 is 29.7 Å². The number of benzene rings is 2. The summed E-state index contributed by atoms with van der Waals surface area (Å²) in [6.07, 6.45) is 0.352. The molecule has 1 aliphatic carbocycles. The Bertz CT molecular complexity index is 1290. The Morgan fingerprint density at radius 1 is 0.947 bits per heavy atom. The zero-order chi connectivity index (χ0) is 27.4. The Balaban J connectivity index is 1.91. The van der Waals surface area contributed by atoms with E-state index in [0.717, 1.165) is 5.56 Å². The Labute approximate surface area is 222 Å². The smallest absolute Gasteiger partial charge is 0.336 e. The highest BCUT2D eigenvalue weighted by molar-refractivity contribution is 6.13. The lowest BCUT2D eigenvalue weighted by Crippen LogP contribution is -2.43. The Hall–Kier alpha value is -4.07. The summed E-state index contributed by atoms with van der Waals surface area (Å²) in [5, 5.41) is 3.31. The molecule has 1 N–H and O–H groups in total. The quantitative estimate of drug-likeness (QED) is 0.404. The van der Waals surface area contributed by atoms with Crippen molar-refractivity contribution in [3.05, 3.63) is 82.2 Å². The number of hydrogen-bond acceptors (Lipinski definition) is 8. The molecule has 0 saturated carbocycles. The number of rotatable bonds is 8. The molecule has 3 atom stereocenters. The van der Waals surface area contributed by atoms with Crippen LogP contribution >= 0.6 is 0 Å². The molecule has 0 amide bonds. The van der Waals surface area contributed by atoms with Crippen molar-refractivity contribution in [2.45, 2.75) is 39.0 Å². The molecule has 8 heteroatoms. The molecule has 1 aliphatic heterocycles. The lowest BCUT2D eigenvalue weighted by molar-refractivity contribution is -0.152. The predicted octanol–water partition coefficient (Wildman–Crippen LogP) is 4.42. The molecule has 0 fully saturated rings. The summed E-state index contributed by atoms with van der Waals surface area (Å²) in [6, 6.07) is 14.6. The Kier molecular flexibility index (Phi) is 8.20. The largest absolute Gasteiger partial charge is 0.497 e. The minimum absolute atomic E-state index is 0.139. The standard InChI is InChI=1S/C30H33NO7/c1-6-37-29(33)24-17(3)31-22-16-21(20-10-8-9-11-23(20)36-5)26(30(34)38-7-2)28(32)27(22)25(24)18-12-14-19(35-4)15-13-18/h8-15,21,25-26,31H,6-7,16H2,1-5H3/t21-,25+,26-/m1/s1. The van der Waals surface area contributed by atoms with Gasteiger partial charge in [0.2, 0.25) is 0 Å². The summed E-state index contributed by atoms with van der Waals surface area (Å²) in [4.78, 5) is 40.9. The van der Waals surface area contributed by atoms with Crippen molar-refractivity contribution in [2.75, 3.05) is 27.4 Å². The van der Waals surface area contributed by atoms with Gasteiger partial charge in [-0.3, -0.25) is 9.59 Å². The van der Waals surface area contributed by atoms with Gasteiger partial charge >= 0.3 is 11.9 Å². The average molecular weight is 520 g/mol. The Morgan fingerprint density at radius 2 is 1.63 bits per heavy atom. The zero-order valence-electron chi connectivity index (χ0n) is 22.3. The number of ketones is 1. The van der Waals surface area contributed by atoms with Gasteiger partial charge in [0.15, 0.2) is 5.78 Å². The SMILES string of the molecule is CCOC(=O)C1=C(C)NC2=C(C(=O)[C@H](C(=O)OCC)[C@@H](c3ccccc3OC)C2)[C@H]1c1ccc(OC)cc1. The number of ether oxygens (including phenoxy) is 4. The van der Waals surface area contributed by atoms with Crippen molar-refractivity contribution in [1.82, 2.24) is 5.32 Å². The van der Waals surface area contributed by atoms with Crippen LogP contribution < -0.4 is 14.8 Å². The average Bonchev–Trinajstić information content (AvgIpc) is 2.92. The lowest BCUT2D eigenvalue weighted by atomic mass is 9.67. The molecule has 2 aromatic carbocycles. The second-order valence-corrected chi connectivity index (χ2v) is 9.13. The molecule has 8 nitrogen and oxygen atoms in total. The lowest BCUT2D eigenvalue weighted by Gasteiger charge is -2.39. The fourth-order valence-electron chi connectivity index (χ4n) is 5.41. The number of nitrogens with one attached hydrogen (secondary N) is 1. The number of esters is 2. The fourth-order valence-corrected chi connectivity index (χ4v) is 5.41. The van der Waals surface area contributed by atoms with Crippen LogP contribution in [-0.4, -0.2) is 45.2 Å². The van der Waals surface area contributed by atoms with Crippen molar-refractivity contribution >= 4 is 17.7 Å². The van der Waals surface area contributed by atoms with E-state index in [0.29, 0.717) is 46.0 Å². The molecular formula is C30H33NO7. The van der Waals surface area contributed by atoms with E-state index in [2.05, 4.69) is 5.32 Å². The monoisotopic (exact) mass is 519 g/mol. The van der Waals surface area contributed by atoms with Crippen molar-refractivity contribution in [3.8, 4) is 11.5 Å². The van der Waals surface area contributed by atoms with Crippen LogP contribution in [0.15, 0.2) is 71.1 Å². The maximum absolute atomic E-state index is 14.4. The molecule has 0 aromatic heterocycles. The molecule has 38 heavy (non-hydrogen) atoms. The normalized spacial score (nSPS) is 20.9. The van der Waals surface area contributed by atoms with Crippen molar-refractivity contribution in [1.29, 1.82) is 0 Å². The van der Waals surface area contributed by atoms with Gasteiger partial charge in [0.1, 0.15) is 17.4 Å². The van der Waals surface area contributed by atoms with Gasteiger partial charge in [-0.2, -0.15) is 0 Å². The molecule has 4 rings (SSSR count). The van der Waals surface area contributed by atoms with Crippen molar-refractivity contribution in [2.24, 2.45) is 5.92 Å². The minimum Gasteiger partial charge on any atom is -0.497 e. The maximum Gasteiger partial charge on any atom is 0.336 e. The molecule has 2 aromatic rings. The summed E-state index contributed by atoms with van der Waals surface area (Å²) in [5.41, 5.74) is 3.43. The first-order valence-electron chi connectivity index (χ1n) is 12.7. The van der Waals surface area contributed by atoms with E-state index in [1.165, 1.54) is 0 Å². The number of carbonyl (C=O) groups is 3. The number of carbonyl (C=O) groups excluding carboxylic acids is 3. The first-order chi connectivity index (χ1) is 18.4. The van der Waals surface area contributed by atoms with Crippen LogP contribution in [0, 0.1) is 5.92 Å². The highest BCUT2D eigenvalue weighted by Gasteiger charge is 2.49. The van der Waals surface area contributed by atoms with Gasteiger partial charge in [-0.15, -0.1) is 0 Å². The van der Waals surface area contributed by atoms with Crippen LogP contribution in [0.5, 0.6) is 11.5 Å². The molecule has 0 saturated heterocycles. The number of para-hydroxylation sites is 1. The first kappa shape index (κ1) is 27.0. The molecular weight excluding hydrogens is 486 g/mol. The zero-order valence-corrected chi connectivity index (χ0v) is 22.3. The third kappa shape index (κ3) is 4.90. The fraction of sp³-hybridized carbons (Fsp3) is 0.367. The number of dihydropyridines is 1. The van der Waals surface area contributed by atoms with E-state index in [-0.39, 0.29) is 19.0 Å². The van der Waals surface area contributed by atoms with Crippen LogP contribution in [0.2, 0.25) is 0 Å². The van der Waals surface area contributed by atoms with E-state index in [1.807, 2.05) is 36.4 Å². The van der Waals surface area contributed by atoms with Gasteiger partial charge in [0.25, 0.3) is 0 Å². The molecule has 0 spiro atoms. The molecule has 1 heterocycles. The van der Waals surface area contributed by atoms with E-state index in [4.69, 9.17) is 18.9 Å². The van der Waals surface area contributed by atoms with Crippen LogP contribution in [0.3, 0.4) is 0 Å². The van der Waals surface area contributed by atoms with Crippen molar-refractivity contribution < 1.29 is 33.3 Å². The number of allylic oxidation sites excluding steroid dienone is 3. The van der Waals surface area contributed by atoms with Crippen LogP contribution in [0.1, 0.15) is 50.2 Å². The van der Waals surface area contributed by atoms with Gasteiger partial charge in [-0.25, -0.2) is 4.79 Å². The summed E-state index contributed by atoms with van der Waals surface area (Å²) in [5.74, 6) is -2.61. The van der Waals surface area contributed by atoms with Crippen LogP contribution in [0.4, 0.5) is 0 Å². The number of methoxy groups -OCH3 is 2. The highest BCUT2D eigenvalue weighted by atomic mass is 16.5. The first-order valence-corrected chi connectivity index (χ1v) is 12.7. The molecule has 0 bridgehead atoms. The van der Waals surface area contributed by atoms with Gasteiger partial charge in [0, 0.05) is 28.8 Å². The second-order valence-electron chi connectivity index (χ2n) is 9.13. The van der Waals surface area contributed by atoms with Gasteiger partial charge in [-0.1, -0.05) is 30.3 Å². The number of hydrogen-bond donors (Lipinski definition) is 1. The molecule has 200 valence electrons. The molecule has 0 radical (unpaired) electrons. The second kappa shape index (κ2) is 11.5. The summed E-state index contributed by atoms with van der Waals surface area (Å²) in [6.45, 7) is 5.57. The van der Waals surface area contributed by atoms with E-state index in [9.17, 15) is 14.4 Å². The number of Topliss-reactive ketones (excluding diaryl/α,β-unsaturated/α-hetero) is 1. The van der Waals surface area contributed by atoms with E-state index in [1.54, 1.807) is 47.1 Å². The summed E-state index contributed by atoms with van der Waals surface area (Å²) in [7, 11) is 3.13. The highest BCUT2D eigenvalue weighted by Crippen LogP contribution is 2.49. The van der Waals surface area contributed by atoms with Gasteiger partial charge in [0.05, 0.1) is 33.0 Å². The van der Waals surface area contributed by atoms with Gasteiger partial charge < -0.3 is 24.3 Å². The minimum atomic E-state index is -1.10. The van der Waals surface area contributed by atoms with E-state index >= 15 is 0 Å². The predicted molar refractivity (Wildman–Crippen MR) is 141 cm³/mol. The van der Waals surface area contributed by atoms with Crippen LogP contribution in [0.25, 0.3) is 0 Å². The summed E-state index contributed by atoms with van der Waals surface area (Å²) >= 11 is 0. The topological polar surface area (TPSA) is 100 Å². The Morgan fingerprint density at radius 3 is 2.26 bits per heavy atom. The third-order valence-electron chi connectivity index (χ3n) is 7.04.